The highest BCUT2D eigenvalue weighted by atomic mass is 35.5. The van der Waals surface area contributed by atoms with Crippen LogP contribution < -0.4 is 23.8 Å². The highest BCUT2D eigenvalue weighted by Crippen LogP contribution is 2.47. The number of fused-ring (bicyclic) bond motifs is 1. The van der Waals surface area contributed by atoms with Crippen LogP contribution in [0, 0.1) is 0 Å². The predicted octanol–water partition coefficient (Wildman–Crippen LogP) is 5.70. The number of carbonyl (C=O) groups excluding carboxylic acids is 2. The summed E-state index contributed by atoms with van der Waals surface area (Å²) in [6, 6.07) is 15.9. The van der Waals surface area contributed by atoms with Crippen LogP contribution in [0.5, 0.6) is 23.0 Å². The maximum atomic E-state index is 14.1. The minimum atomic E-state index is -1.56. The zero-order valence-electron chi connectivity index (χ0n) is 23.1. The predicted molar refractivity (Wildman–Crippen MR) is 149 cm³/mol. The maximum Gasteiger partial charge on any atom is 0.308 e. The molecule has 1 aliphatic heterocycles. The number of benzene rings is 3. The van der Waals surface area contributed by atoms with Crippen LogP contribution in [0.3, 0.4) is 0 Å². The lowest BCUT2D eigenvalue weighted by Gasteiger charge is -2.26. The molecule has 40 heavy (non-hydrogen) atoms. The van der Waals surface area contributed by atoms with E-state index in [1.807, 2.05) is 13.0 Å². The number of nitrogens with zero attached hydrogens (tertiary/aromatic N) is 1. The molecular formula is C30H32ClNO8. The van der Waals surface area contributed by atoms with Crippen LogP contribution in [-0.2, 0) is 25.6 Å². The second-order valence-corrected chi connectivity index (χ2v) is 9.36. The molecule has 0 fully saturated rings. The van der Waals surface area contributed by atoms with Gasteiger partial charge in [0.25, 0.3) is 12.2 Å². The highest BCUT2D eigenvalue weighted by molar-refractivity contribution is 6.34. The first-order valence-electron chi connectivity index (χ1n) is 12.7. The molecule has 2 atom stereocenters. The van der Waals surface area contributed by atoms with Crippen LogP contribution in [0.1, 0.15) is 42.6 Å². The molecule has 1 amide bonds. The van der Waals surface area contributed by atoms with E-state index >= 15 is 0 Å². The van der Waals surface area contributed by atoms with E-state index in [1.54, 1.807) is 55.6 Å². The van der Waals surface area contributed by atoms with Crippen molar-refractivity contribution in [3.05, 3.63) is 76.3 Å². The van der Waals surface area contributed by atoms with Crippen LogP contribution in [0.2, 0.25) is 5.02 Å². The SMILES string of the molecule is CCCC(=O)O[C@@H]1O[C@@H](c2cccc(OC)c2OC)c2cccc(Cl)c2N(Cc2ccc(OC)cc2OC)C1=O. The Morgan fingerprint density at radius 1 is 0.925 bits per heavy atom. The largest absolute Gasteiger partial charge is 0.497 e. The number of methoxy groups -OCH3 is 4. The number of hydrogen-bond donors (Lipinski definition) is 0. The summed E-state index contributed by atoms with van der Waals surface area (Å²) >= 11 is 6.79. The molecule has 0 aliphatic carbocycles. The van der Waals surface area contributed by atoms with E-state index in [-0.39, 0.29) is 13.0 Å². The molecule has 0 spiro atoms. The van der Waals surface area contributed by atoms with Gasteiger partial charge in [-0.15, -0.1) is 0 Å². The second-order valence-electron chi connectivity index (χ2n) is 8.95. The fourth-order valence-corrected chi connectivity index (χ4v) is 4.93. The van der Waals surface area contributed by atoms with Crippen molar-refractivity contribution >= 4 is 29.2 Å². The first kappa shape index (κ1) is 29.0. The minimum Gasteiger partial charge on any atom is -0.497 e. The third kappa shape index (κ3) is 5.80. The number of carbonyl (C=O) groups is 2. The molecule has 4 rings (SSSR count). The molecule has 0 saturated carbocycles. The first-order chi connectivity index (χ1) is 19.4. The van der Waals surface area contributed by atoms with Crippen molar-refractivity contribution in [3.63, 3.8) is 0 Å². The van der Waals surface area contributed by atoms with Crippen molar-refractivity contribution in [2.75, 3.05) is 33.3 Å². The van der Waals surface area contributed by atoms with Crippen LogP contribution in [0.25, 0.3) is 0 Å². The fraction of sp³-hybridized carbons (Fsp3) is 0.333. The number of hydrogen-bond acceptors (Lipinski definition) is 8. The summed E-state index contributed by atoms with van der Waals surface area (Å²) in [5.41, 5.74) is 2.24. The van der Waals surface area contributed by atoms with Gasteiger partial charge in [0.2, 0.25) is 0 Å². The fourth-order valence-electron chi connectivity index (χ4n) is 4.65. The summed E-state index contributed by atoms with van der Waals surface area (Å²) in [4.78, 5) is 28.2. The molecule has 9 nitrogen and oxygen atoms in total. The molecule has 0 N–H and O–H groups in total. The summed E-state index contributed by atoms with van der Waals surface area (Å²) in [6.45, 7) is 1.90. The van der Waals surface area contributed by atoms with Crippen molar-refractivity contribution in [1.82, 2.24) is 0 Å². The number of amides is 1. The molecule has 0 radical (unpaired) electrons. The van der Waals surface area contributed by atoms with E-state index in [0.717, 1.165) is 0 Å². The van der Waals surface area contributed by atoms with E-state index in [1.165, 1.54) is 26.2 Å². The maximum absolute atomic E-state index is 14.1. The molecule has 0 bridgehead atoms. The molecule has 3 aromatic rings. The minimum absolute atomic E-state index is 0.0515. The molecule has 1 heterocycles. The Hall–Kier alpha value is -3.95. The van der Waals surface area contributed by atoms with Gasteiger partial charge in [-0.05, 0) is 30.7 Å². The quantitative estimate of drug-likeness (QED) is 0.287. The first-order valence-corrected chi connectivity index (χ1v) is 13.1. The van der Waals surface area contributed by atoms with Gasteiger partial charge in [-0.1, -0.05) is 42.8 Å². The molecule has 10 heteroatoms. The number of para-hydroxylation sites is 2. The van der Waals surface area contributed by atoms with Gasteiger partial charge in [0.1, 0.15) is 17.6 Å². The van der Waals surface area contributed by atoms with Crippen molar-refractivity contribution in [3.8, 4) is 23.0 Å². The second kappa shape index (κ2) is 12.9. The topological polar surface area (TPSA) is 92.8 Å². The van der Waals surface area contributed by atoms with Crippen molar-refractivity contribution in [1.29, 1.82) is 0 Å². The van der Waals surface area contributed by atoms with Gasteiger partial charge in [0, 0.05) is 29.2 Å². The Kier molecular flexibility index (Phi) is 9.39. The summed E-state index contributed by atoms with van der Waals surface area (Å²) in [7, 11) is 6.14. The zero-order chi connectivity index (χ0) is 28.8. The lowest BCUT2D eigenvalue weighted by atomic mass is 9.97. The van der Waals surface area contributed by atoms with Gasteiger partial charge in [-0.3, -0.25) is 9.59 Å². The normalized spacial score (nSPS) is 16.6. The third-order valence-corrected chi connectivity index (χ3v) is 6.83. The van der Waals surface area contributed by atoms with E-state index in [4.69, 9.17) is 40.0 Å². The van der Waals surface area contributed by atoms with Crippen LogP contribution in [-0.4, -0.2) is 46.6 Å². The standard InChI is InChI=1S/C30H32ClNO8/c1-6-9-25(33)39-30-29(34)32(17-18-14-15-19(35-2)16-24(18)37-4)26-20(10-7-12-22(26)31)27(40-30)21-11-8-13-23(36-3)28(21)38-5/h7-8,10-16,27,30H,6,9,17H2,1-5H3/t27-,30-/m1/s1. The molecule has 0 saturated heterocycles. The van der Waals surface area contributed by atoms with E-state index < -0.39 is 24.3 Å². The molecule has 0 unspecified atom stereocenters. The van der Waals surface area contributed by atoms with Gasteiger partial charge in [-0.2, -0.15) is 0 Å². The number of halogens is 1. The van der Waals surface area contributed by atoms with E-state index in [2.05, 4.69) is 0 Å². The average molecular weight is 570 g/mol. The summed E-state index contributed by atoms with van der Waals surface area (Å²) in [6.07, 6.45) is -1.79. The van der Waals surface area contributed by atoms with Gasteiger partial charge in [0.05, 0.1) is 45.7 Å². The number of ether oxygens (including phenoxy) is 6. The van der Waals surface area contributed by atoms with Crippen LogP contribution >= 0.6 is 11.6 Å². The van der Waals surface area contributed by atoms with E-state index in [9.17, 15) is 9.59 Å². The molecule has 3 aromatic carbocycles. The number of rotatable bonds is 10. The highest BCUT2D eigenvalue weighted by Gasteiger charge is 2.41. The smallest absolute Gasteiger partial charge is 0.308 e. The monoisotopic (exact) mass is 569 g/mol. The zero-order valence-corrected chi connectivity index (χ0v) is 23.8. The summed E-state index contributed by atoms with van der Waals surface area (Å²) < 4.78 is 34.1. The van der Waals surface area contributed by atoms with E-state index in [0.29, 0.717) is 56.8 Å². The van der Waals surface area contributed by atoms with Crippen LogP contribution in [0.4, 0.5) is 5.69 Å². The van der Waals surface area contributed by atoms with Crippen LogP contribution in [0.15, 0.2) is 54.6 Å². The molecular weight excluding hydrogens is 538 g/mol. The summed E-state index contributed by atoms with van der Waals surface area (Å²) in [5, 5.41) is 0.314. The molecule has 1 aliphatic rings. The average Bonchev–Trinajstić information content (AvgIpc) is 3.08. The van der Waals surface area contributed by atoms with Crippen molar-refractivity contribution < 1.29 is 38.0 Å². The van der Waals surface area contributed by atoms with Gasteiger partial charge >= 0.3 is 5.97 Å². The van der Waals surface area contributed by atoms with Crippen molar-refractivity contribution in [2.45, 2.75) is 38.7 Å². The number of esters is 1. The Morgan fingerprint density at radius 3 is 2.33 bits per heavy atom. The Morgan fingerprint density at radius 2 is 1.65 bits per heavy atom. The summed E-state index contributed by atoms with van der Waals surface area (Å²) in [5.74, 6) is 0.842. The third-order valence-electron chi connectivity index (χ3n) is 6.53. The van der Waals surface area contributed by atoms with Gasteiger partial charge < -0.3 is 33.3 Å². The lowest BCUT2D eigenvalue weighted by Crippen LogP contribution is -2.41. The van der Waals surface area contributed by atoms with Gasteiger partial charge in [-0.25, -0.2) is 0 Å². The number of anilines is 1. The lowest BCUT2D eigenvalue weighted by molar-refractivity contribution is -0.190. The Bertz CT molecular complexity index is 1380. The van der Waals surface area contributed by atoms with Crippen molar-refractivity contribution in [2.24, 2.45) is 0 Å². The van der Waals surface area contributed by atoms with Gasteiger partial charge in [0.15, 0.2) is 11.5 Å². The molecule has 212 valence electrons. The Labute approximate surface area is 238 Å². The Balaban J connectivity index is 1.91. The molecule has 0 aromatic heterocycles.